The van der Waals surface area contributed by atoms with Gasteiger partial charge in [-0.05, 0) is 7.05 Å². The van der Waals surface area contributed by atoms with Crippen LogP contribution in [0.15, 0.2) is 12.4 Å². The lowest BCUT2D eigenvalue weighted by atomic mass is 9.86. The van der Waals surface area contributed by atoms with Gasteiger partial charge < -0.3 is 19.6 Å². The monoisotopic (exact) mass is 266 g/mol. The number of anilines is 1. The summed E-state index contributed by atoms with van der Waals surface area (Å²) in [4.78, 5) is 12.6. The van der Waals surface area contributed by atoms with Crippen LogP contribution in [0.25, 0.3) is 0 Å². The maximum atomic E-state index is 9.41. The van der Waals surface area contributed by atoms with Gasteiger partial charge in [0.2, 0.25) is 5.95 Å². The maximum Gasteiger partial charge on any atom is 0.224 e. The quantitative estimate of drug-likeness (QED) is 0.781. The molecule has 1 aromatic heterocycles. The Morgan fingerprint density at radius 3 is 2.32 bits per heavy atom. The van der Waals surface area contributed by atoms with E-state index >= 15 is 0 Å². The van der Waals surface area contributed by atoms with E-state index < -0.39 is 0 Å². The highest BCUT2D eigenvalue weighted by atomic mass is 16.5. The Balaban J connectivity index is 1.89. The summed E-state index contributed by atoms with van der Waals surface area (Å²) in [6.07, 6.45) is 3.70. The maximum absolute atomic E-state index is 9.41. The van der Waals surface area contributed by atoms with Crippen molar-refractivity contribution >= 4 is 5.95 Å². The zero-order chi connectivity index (χ0) is 13.9. The summed E-state index contributed by atoms with van der Waals surface area (Å²) in [5.41, 5.74) is 0.987. The van der Waals surface area contributed by atoms with Crippen molar-refractivity contribution in [3.8, 4) is 0 Å². The average Bonchev–Trinajstić information content (AvgIpc) is 2.34. The number of nitrogens with zero attached hydrogens (tertiary/aromatic N) is 4. The van der Waals surface area contributed by atoms with Gasteiger partial charge in [0.05, 0.1) is 25.2 Å². The Bertz CT molecular complexity index is 398. The minimum atomic E-state index is -0.0841. The molecule has 1 saturated heterocycles. The van der Waals surface area contributed by atoms with E-state index in [4.69, 9.17) is 4.74 Å². The van der Waals surface area contributed by atoms with Crippen molar-refractivity contribution in [1.29, 1.82) is 0 Å². The molecule has 0 aromatic carbocycles. The van der Waals surface area contributed by atoms with Crippen molar-refractivity contribution in [3.05, 3.63) is 18.0 Å². The highest BCUT2D eigenvalue weighted by molar-refractivity contribution is 5.26. The van der Waals surface area contributed by atoms with Crippen LogP contribution < -0.4 is 4.90 Å². The number of aromatic nitrogens is 2. The summed E-state index contributed by atoms with van der Waals surface area (Å²) < 4.78 is 5.21. The lowest BCUT2D eigenvalue weighted by molar-refractivity contribution is -0.147. The molecule has 0 aliphatic carbocycles. The second-order valence-electron chi connectivity index (χ2n) is 5.61. The molecule has 0 radical (unpaired) electrons. The summed E-state index contributed by atoms with van der Waals surface area (Å²) in [5, 5.41) is 9.41. The molecule has 2 rings (SSSR count). The molecule has 6 heteroatoms. The van der Waals surface area contributed by atoms with Crippen LogP contribution in [0.4, 0.5) is 5.95 Å². The van der Waals surface area contributed by atoms with E-state index in [1.807, 2.05) is 38.4 Å². The summed E-state index contributed by atoms with van der Waals surface area (Å²) in [7, 11) is 5.88. The topological polar surface area (TPSA) is 61.7 Å². The average molecular weight is 266 g/mol. The first-order chi connectivity index (χ1) is 9.04. The van der Waals surface area contributed by atoms with E-state index in [0.29, 0.717) is 19.2 Å². The smallest absolute Gasteiger partial charge is 0.224 e. The van der Waals surface area contributed by atoms with Crippen molar-refractivity contribution in [2.75, 3.05) is 52.4 Å². The lowest BCUT2D eigenvalue weighted by Gasteiger charge is -2.42. The fraction of sp³-hybridized carbons (Fsp3) is 0.692. The van der Waals surface area contributed by atoms with Crippen LogP contribution >= 0.6 is 0 Å². The summed E-state index contributed by atoms with van der Waals surface area (Å²) in [6.45, 7) is 3.05. The van der Waals surface area contributed by atoms with Crippen LogP contribution in [0.1, 0.15) is 5.56 Å². The van der Waals surface area contributed by atoms with E-state index in [1.54, 1.807) is 0 Å². The first kappa shape index (κ1) is 14.2. The predicted octanol–water partition coefficient (Wildman–Crippen LogP) is -0.0167. The molecule has 0 bridgehead atoms. The molecule has 0 atom stereocenters. The number of ether oxygens (including phenoxy) is 1. The molecular weight excluding hydrogens is 244 g/mol. The molecule has 106 valence electrons. The van der Waals surface area contributed by atoms with Crippen LogP contribution in [-0.2, 0) is 11.3 Å². The van der Waals surface area contributed by atoms with Gasteiger partial charge in [-0.3, -0.25) is 0 Å². The summed E-state index contributed by atoms with van der Waals surface area (Å²) in [6, 6.07) is 0. The Morgan fingerprint density at radius 2 is 1.89 bits per heavy atom. The highest BCUT2D eigenvalue weighted by Crippen LogP contribution is 2.27. The van der Waals surface area contributed by atoms with Crippen molar-refractivity contribution in [2.45, 2.75) is 6.54 Å². The molecule has 1 aliphatic heterocycles. The first-order valence-corrected chi connectivity index (χ1v) is 6.40. The van der Waals surface area contributed by atoms with Crippen LogP contribution in [0.2, 0.25) is 0 Å². The number of hydrogen-bond donors (Lipinski definition) is 1. The number of rotatable bonds is 6. The molecule has 1 aliphatic rings. The van der Waals surface area contributed by atoms with Gasteiger partial charge in [0, 0.05) is 45.1 Å². The third kappa shape index (κ3) is 3.40. The van der Waals surface area contributed by atoms with E-state index in [2.05, 4.69) is 14.9 Å². The van der Waals surface area contributed by atoms with Crippen LogP contribution in [0.5, 0.6) is 0 Å². The third-order valence-corrected chi connectivity index (χ3v) is 3.30. The Hall–Kier alpha value is -1.24. The van der Waals surface area contributed by atoms with Gasteiger partial charge in [-0.15, -0.1) is 0 Å². The van der Waals surface area contributed by atoms with Gasteiger partial charge in [0.25, 0.3) is 0 Å². The van der Waals surface area contributed by atoms with Crippen molar-refractivity contribution in [2.24, 2.45) is 5.41 Å². The third-order valence-electron chi connectivity index (χ3n) is 3.30. The van der Waals surface area contributed by atoms with Crippen molar-refractivity contribution < 1.29 is 9.84 Å². The lowest BCUT2D eigenvalue weighted by Crippen LogP contribution is -2.52. The normalized spacial score (nSPS) is 17.3. The summed E-state index contributed by atoms with van der Waals surface area (Å²) in [5.74, 6) is 0.714. The van der Waals surface area contributed by atoms with E-state index in [-0.39, 0.29) is 12.0 Å². The van der Waals surface area contributed by atoms with Crippen LogP contribution in [0, 0.1) is 5.41 Å². The Kier molecular flexibility index (Phi) is 4.34. The minimum Gasteiger partial charge on any atom is -0.396 e. The Labute approximate surface area is 114 Å². The number of aliphatic hydroxyl groups excluding tert-OH is 1. The van der Waals surface area contributed by atoms with Crippen LogP contribution in [-0.4, -0.2) is 67.5 Å². The van der Waals surface area contributed by atoms with Gasteiger partial charge >= 0.3 is 0 Å². The molecule has 0 saturated carbocycles. The van der Waals surface area contributed by atoms with E-state index in [9.17, 15) is 5.11 Å². The molecular formula is C13H22N4O2. The summed E-state index contributed by atoms with van der Waals surface area (Å²) >= 11 is 0. The molecule has 1 aromatic rings. The highest BCUT2D eigenvalue weighted by Gasteiger charge is 2.38. The molecule has 19 heavy (non-hydrogen) atoms. The number of aliphatic hydroxyl groups is 1. The van der Waals surface area contributed by atoms with Crippen molar-refractivity contribution in [3.63, 3.8) is 0 Å². The molecule has 0 spiro atoms. The van der Waals surface area contributed by atoms with E-state index in [0.717, 1.165) is 18.7 Å². The zero-order valence-corrected chi connectivity index (χ0v) is 11.8. The molecule has 0 amide bonds. The fourth-order valence-electron chi connectivity index (χ4n) is 2.22. The number of hydrogen-bond acceptors (Lipinski definition) is 6. The molecule has 1 fully saturated rings. The van der Waals surface area contributed by atoms with Gasteiger partial charge in [-0.2, -0.15) is 0 Å². The molecule has 0 unspecified atom stereocenters. The van der Waals surface area contributed by atoms with Gasteiger partial charge in [-0.25, -0.2) is 9.97 Å². The predicted molar refractivity (Wildman–Crippen MR) is 73.0 cm³/mol. The second kappa shape index (κ2) is 5.81. The van der Waals surface area contributed by atoms with E-state index in [1.165, 1.54) is 0 Å². The molecule has 2 heterocycles. The van der Waals surface area contributed by atoms with Gasteiger partial charge in [-0.1, -0.05) is 0 Å². The zero-order valence-electron chi connectivity index (χ0n) is 11.8. The first-order valence-electron chi connectivity index (χ1n) is 6.40. The van der Waals surface area contributed by atoms with Gasteiger partial charge in [0.15, 0.2) is 0 Å². The molecule has 6 nitrogen and oxygen atoms in total. The van der Waals surface area contributed by atoms with Crippen LogP contribution in [0.3, 0.4) is 0 Å². The standard InChI is InChI=1S/C13H22N4O2/c1-16(2)12-14-4-11(5-15-12)6-17(3)7-13(8-18)9-19-10-13/h4-5,18H,6-10H2,1-3H3. The SMILES string of the molecule is CN(Cc1cnc(N(C)C)nc1)CC1(CO)COC1. The fourth-order valence-corrected chi connectivity index (χ4v) is 2.22. The van der Waals surface area contributed by atoms with Gasteiger partial charge in [0.1, 0.15) is 0 Å². The Morgan fingerprint density at radius 1 is 1.26 bits per heavy atom. The van der Waals surface area contributed by atoms with Crippen molar-refractivity contribution in [1.82, 2.24) is 14.9 Å². The largest absolute Gasteiger partial charge is 0.396 e. The molecule has 1 N–H and O–H groups in total. The minimum absolute atomic E-state index is 0.0841. The second-order valence-corrected chi connectivity index (χ2v) is 5.61.